The van der Waals surface area contributed by atoms with Gasteiger partial charge in [-0.2, -0.15) is 15.0 Å². The van der Waals surface area contributed by atoms with E-state index in [-0.39, 0.29) is 5.75 Å². The van der Waals surface area contributed by atoms with E-state index in [1.807, 2.05) is 6.07 Å². The molecule has 0 atom stereocenters. The normalized spacial score (nSPS) is 13.6. The van der Waals surface area contributed by atoms with Gasteiger partial charge in [-0.05, 0) is 37.5 Å². The van der Waals surface area contributed by atoms with Crippen molar-refractivity contribution in [2.45, 2.75) is 25.3 Å². The lowest BCUT2D eigenvalue weighted by molar-refractivity contribution is 0.445. The predicted octanol–water partition coefficient (Wildman–Crippen LogP) is 2.89. The van der Waals surface area contributed by atoms with Crippen molar-refractivity contribution in [2.75, 3.05) is 10.6 Å². The largest absolute Gasteiger partial charge is 0.506 e. The summed E-state index contributed by atoms with van der Waals surface area (Å²) in [4.78, 5) is 4.29. The first-order chi connectivity index (χ1) is 12.7. The van der Waals surface area contributed by atoms with Crippen molar-refractivity contribution in [1.82, 2.24) is 14.6 Å². The van der Waals surface area contributed by atoms with Gasteiger partial charge in [0.25, 0.3) is 0 Å². The van der Waals surface area contributed by atoms with Crippen molar-refractivity contribution < 1.29 is 5.11 Å². The first-order valence-corrected chi connectivity index (χ1v) is 8.23. The Morgan fingerprint density at radius 3 is 2.69 bits per heavy atom. The molecule has 0 unspecified atom stereocenters. The lowest BCUT2D eigenvalue weighted by Crippen LogP contribution is -2.27. The number of phenolic OH excluding ortho intramolecular Hbond substituents is 1. The number of nitrogens with zero attached hydrogens (tertiary/aromatic N) is 5. The van der Waals surface area contributed by atoms with Crippen molar-refractivity contribution in [2.24, 2.45) is 0 Å². The number of hydrogen-bond acceptors (Lipinski definition) is 7. The van der Waals surface area contributed by atoms with Gasteiger partial charge in [-0.3, -0.25) is 0 Å². The summed E-state index contributed by atoms with van der Waals surface area (Å²) >= 11 is 0. The fourth-order valence-corrected chi connectivity index (χ4v) is 2.83. The lowest BCUT2D eigenvalue weighted by atomic mass is 9.93. The summed E-state index contributed by atoms with van der Waals surface area (Å²) in [5, 5.41) is 39.2. The molecule has 8 heteroatoms. The van der Waals surface area contributed by atoms with Gasteiger partial charge in [-0.1, -0.05) is 0 Å². The molecular weight excluding hydrogens is 330 g/mol. The molecule has 1 fully saturated rings. The average Bonchev–Trinajstić information content (AvgIpc) is 3.03. The van der Waals surface area contributed by atoms with Gasteiger partial charge < -0.3 is 15.7 Å². The minimum Gasteiger partial charge on any atom is -0.506 e. The zero-order chi connectivity index (χ0) is 18.1. The Kier molecular flexibility index (Phi) is 3.79. The second-order valence-corrected chi connectivity index (χ2v) is 6.17. The highest BCUT2D eigenvalue weighted by molar-refractivity contribution is 5.74. The summed E-state index contributed by atoms with van der Waals surface area (Å²) in [6.45, 7) is 0. The van der Waals surface area contributed by atoms with E-state index in [1.165, 1.54) is 29.3 Å². The highest BCUT2D eigenvalue weighted by Crippen LogP contribution is 2.30. The fraction of sp³-hybridized carbons (Fsp3) is 0.222. The van der Waals surface area contributed by atoms with Gasteiger partial charge in [-0.15, -0.1) is 5.10 Å². The van der Waals surface area contributed by atoms with E-state index in [4.69, 9.17) is 5.26 Å². The van der Waals surface area contributed by atoms with Gasteiger partial charge in [0, 0.05) is 12.1 Å². The van der Waals surface area contributed by atoms with E-state index >= 15 is 0 Å². The first-order valence-electron chi connectivity index (χ1n) is 8.23. The molecule has 1 aromatic carbocycles. The van der Waals surface area contributed by atoms with E-state index in [0.717, 1.165) is 18.5 Å². The van der Waals surface area contributed by atoms with Crippen LogP contribution in [0.3, 0.4) is 0 Å². The van der Waals surface area contributed by atoms with Gasteiger partial charge in [0.05, 0.1) is 29.2 Å². The highest BCUT2D eigenvalue weighted by atomic mass is 16.3. The molecular formula is C18H15N7O. The maximum absolute atomic E-state index is 10.0. The van der Waals surface area contributed by atoms with Gasteiger partial charge in [0.1, 0.15) is 11.8 Å². The molecule has 0 spiro atoms. The van der Waals surface area contributed by atoms with Crippen LogP contribution in [0.5, 0.6) is 5.75 Å². The van der Waals surface area contributed by atoms with Crippen LogP contribution in [0.1, 0.15) is 30.5 Å². The van der Waals surface area contributed by atoms with Crippen molar-refractivity contribution >= 4 is 22.8 Å². The van der Waals surface area contributed by atoms with Crippen LogP contribution >= 0.6 is 0 Å². The van der Waals surface area contributed by atoms with Crippen LogP contribution in [0.4, 0.5) is 17.2 Å². The number of imidazole rings is 1. The third kappa shape index (κ3) is 2.74. The van der Waals surface area contributed by atoms with Gasteiger partial charge in [-0.25, -0.2) is 4.98 Å². The standard InChI is InChI=1S/C18H15N7O/c19-8-11-4-5-16(26)14(6-11)23-17-7-15(22-12-2-1-3-12)18-21-10-13(9-20)25(18)24-17/h4-7,10,12,22,26H,1-3H2,(H,23,24). The molecule has 0 radical (unpaired) electrons. The van der Waals surface area contributed by atoms with E-state index in [9.17, 15) is 10.4 Å². The summed E-state index contributed by atoms with van der Waals surface area (Å²) in [6.07, 6.45) is 4.85. The number of fused-ring (bicyclic) bond motifs is 1. The molecule has 0 saturated heterocycles. The summed E-state index contributed by atoms with van der Waals surface area (Å²) in [7, 11) is 0. The summed E-state index contributed by atoms with van der Waals surface area (Å²) in [5.41, 5.74) is 2.44. The van der Waals surface area contributed by atoms with Crippen LogP contribution in [-0.4, -0.2) is 25.7 Å². The Hall–Kier alpha value is -3.78. The highest BCUT2D eigenvalue weighted by Gasteiger charge is 2.20. The minimum absolute atomic E-state index is 0.00513. The molecule has 4 rings (SSSR count). The van der Waals surface area contributed by atoms with Crippen molar-refractivity contribution in [3.8, 4) is 17.9 Å². The number of aromatic nitrogens is 3. The minimum atomic E-state index is 0.00513. The molecule has 3 aromatic rings. The number of anilines is 3. The molecule has 0 aliphatic heterocycles. The number of nitrogens with one attached hydrogen (secondary N) is 2. The Morgan fingerprint density at radius 1 is 1.15 bits per heavy atom. The molecule has 2 aromatic heterocycles. The Bertz CT molecular complexity index is 1070. The third-order valence-corrected chi connectivity index (χ3v) is 4.44. The smallest absolute Gasteiger partial charge is 0.178 e. The van der Waals surface area contributed by atoms with Crippen molar-refractivity contribution in [3.05, 3.63) is 41.7 Å². The quantitative estimate of drug-likeness (QED) is 0.621. The van der Waals surface area contributed by atoms with Crippen LogP contribution in [0, 0.1) is 22.7 Å². The number of aromatic hydroxyl groups is 1. The SMILES string of the molecule is N#Cc1ccc(O)c(Nc2cc(NC3CCC3)c3ncc(C#N)n3n2)c1. The zero-order valence-corrected chi connectivity index (χ0v) is 13.8. The molecule has 0 bridgehead atoms. The maximum Gasteiger partial charge on any atom is 0.178 e. The molecule has 0 amide bonds. The second kappa shape index (κ2) is 6.26. The van der Waals surface area contributed by atoms with E-state index in [0.29, 0.717) is 34.5 Å². The van der Waals surface area contributed by atoms with Gasteiger partial charge in [0.2, 0.25) is 0 Å². The van der Waals surface area contributed by atoms with Gasteiger partial charge in [0.15, 0.2) is 17.2 Å². The molecule has 128 valence electrons. The third-order valence-electron chi connectivity index (χ3n) is 4.44. The molecule has 1 aliphatic carbocycles. The van der Waals surface area contributed by atoms with Crippen molar-refractivity contribution in [1.29, 1.82) is 10.5 Å². The van der Waals surface area contributed by atoms with Crippen LogP contribution in [0.15, 0.2) is 30.5 Å². The number of rotatable bonds is 4. The fourth-order valence-electron chi connectivity index (χ4n) is 2.83. The summed E-state index contributed by atoms with van der Waals surface area (Å²) < 4.78 is 1.47. The van der Waals surface area contributed by atoms with Crippen LogP contribution in [0.25, 0.3) is 5.65 Å². The first kappa shape index (κ1) is 15.7. The second-order valence-electron chi connectivity index (χ2n) is 6.17. The average molecular weight is 345 g/mol. The monoisotopic (exact) mass is 345 g/mol. The Balaban J connectivity index is 1.77. The Morgan fingerprint density at radius 2 is 2.00 bits per heavy atom. The van der Waals surface area contributed by atoms with E-state index < -0.39 is 0 Å². The molecule has 8 nitrogen and oxygen atoms in total. The van der Waals surface area contributed by atoms with Crippen LogP contribution in [0.2, 0.25) is 0 Å². The number of hydrogen-bond donors (Lipinski definition) is 3. The number of nitriles is 2. The summed E-state index contributed by atoms with van der Waals surface area (Å²) in [6, 6.07) is 10.8. The Labute approximate surface area is 149 Å². The molecule has 1 aliphatic rings. The lowest BCUT2D eigenvalue weighted by Gasteiger charge is -2.27. The number of benzene rings is 1. The van der Waals surface area contributed by atoms with Crippen LogP contribution < -0.4 is 10.6 Å². The summed E-state index contributed by atoms with van der Waals surface area (Å²) in [5.74, 6) is 0.435. The predicted molar refractivity (Wildman–Crippen MR) is 95.1 cm³/mol. The molecule has 3 N–H and O–H groups in total. The van der Waals surface area contributed by atoms with E-state index in [2.05, 4.69) is 26.8 Å². The molecule has 1 saturated carbocycles. The number of phenols is 1. The van der Waals surface area contributed by atoms with Gasteiger partial charge >= 0.3 is 0 Å². The topological polar surface area (TPSA) is 122 Å². The molecule has 2 heterocycles. The van der Waals surface area contributed by atoms with Crippen LogP contribution in [-0.2, 0) is 0 Å². The molecule has 26 heavy (non-hydrogen) atoms. The van der Waals surface area contributed by atoms with E-state index in [1.54, 1.807) is 12.1 Å². The maximum atomic E-state index is 10.0. The van der Waals surface area contributed by atoms with Crippen molar-refractivity contribution in [3.63, 3.8) is 0 Å². The zero-order valence-electron chi connectivity index (χ0n) is 13.8.